The summed E-state index contributed by atoms with van der Waals surface area (Å²) in [6, 6.07) is 11.3. The summed E-state index contributed by atoms with van der Waals surface area (Å²) < 4.78 is 85.0. The maximum Gasteiger partial charge on any atom is 0.573 e. The topological polar surface area (TPSA) is 124 Å². The molecule has 1 saturated heterocycles. The number of anilines is 2. The van der Waals surface area contributed by atoms with Crippen LogP contribution in [0.1, 0.15) is 16.7 Å². The SMILES string of the molecule is Cc1ccc(COCC(F)(F)F)c(N2C(=O)CSC2=NC(=O)Nc2ccc(-c3ncn(-c4ccc(OC(F)(F)F)cn4)n3)cc2C)c1. The second kappa shape index (κ2) is 13.4. The van der Waals surface area contributed by atoms with Gasteiger partial charge in [0.05, 0.1) is 24.2 Å². The number of amidine groups is 1. The van der Waals surface area contributed by atoms with Gasteiger partial charge in [-0.25, -0.2) is 19.4 Å². The molecule has 0 aliphatic carbocycles. The molecule has 2 aromatic carbocycles. The molecule has 0 radical (unpaired) electrons. The van der Waals surface area contributed by atoms with Crippen LogP contribution in [0, 0.1) is 13.8 Å². The zero-order chi connectivity index (χ0) is 33.9. The summed E-state index contributed by atoms with van der Waals surface area (Å²) in [6.07, 6.45) is -7.13. The third-order valence-electron chi connectivity index (χ3n) is 6.37. The number of thioether (sulfide) groups is 1. The largest absolute Gasteiger partial charge is 0.573 e. The Balaban J connectivity index is 1.29. The zero-order valence-corrected chi connectivity index (χ0v) is 25.2. The Hall–Kier alpha value is -4.97. The van der Waals surface area contributed by atoms with E-state index in [0.717, 1.165) is 29.6 Å². The van der Waals surface area contributed by atoms with Gasteiger partial charge in [0.1, 0.15) is 18.7 Å². The van der Waals surface area contributed by atoms with Crippen LogP contribution in [0.5, 0.6) is 5.75 Å². The maximum atomic E-state index is 12.9. The molecule has 0 spiro atoms. The molecule has 11 nitrogen and oxygen atoms in total. The Labute approximate surface area is 266 Å². The van der Waals surface area contributed by atoms with Crippen LogP contribution in [0.3, 0.4) is 0 Å². The highest BCUT2D eigenvalue weighted by atomic mass is 32.2. The number of carbonyl (C=O) groups is 2. The third-order valence-corrected chi connectivity index (χ3v) is 7.30. The number of aryl methyl sites for hydroxylation is 2. The van der Waals surface area contributed by atoms with Gasteiger partial charge >= 0.3 is 18.6 Å². The first-order valence-electron chi connectivity index (χ1n) is 13.5. The van der Waals surface area contributed by atoms with Crippen molar-refractivity contribution < 1.29 is 45.4 Å². The van der Waals surface area contributed by atoms with E-state index in [9.17, 15) is 35.9 Å². The quantitative estimate of drug-likeness (QED) is 0.207. The number of carbonyl (C=O) groups excluding carboxylic acids is 2. The number of hydrogen-bond donors (Lipinski definition) is 1. The van der Waals surface area contributed by atoms with E-state index in [-0.39, 0.29) is 28.3 Å². The predicted octanol–water partition coefficient (Wildman–Crippen LogP) is 6.59. The number of halogens is 6. The van der Waals surface area contributed by atoms with Crippen molar-refractivity contribution in [3.8, 4) is 23.0 Å². The van der Waals surface area contributed by atoms with Gasteiger partial charge in [0, 0.05) is 16.8 Å². The Morgan fingerprint density at radius 3 is 2.51 bits per heavy atom. The highest BCUT2D eigenvalue weighted by molar-refractivity contribution is 8.15. The average Bonchev–Trinajstić information content (AvgIpc) is 3.61. The lowest BCUT2D eigenvalue weighted by Gasteiger charge is -2.21. The van der Waals surface area contributed by atoms with Crippen LogP contribution in [-0.4, -0.2) is 61.8 Å². The number of amides is 3. The molecular weight excluding hydrogens is 656 g/mol. The first kappa shape index (κ1) is 33.4. The van der Waals surface area contributed by atoms with E-state index in [1.54, 1.807) is 50.2 Å². The third kappa shape index (κ3) is 8.64. The molecule has 4 aromatic rings. The predicted molar refractivity (Wildman–Crippen MR) is 159 cm³/mol. The highest BCUT2D eigenvalue weighted by Crippen LogP contribution is 2.32. The number of nitrogens with zero attached hydrogens (tertiary/aromatic N) is 6. The van der Waals surface area contributed by atoms with Gasteiger partial charge in [-0.1, -0.05) is 23.9 Å². The van der Waals surface area contributed by atoms with Crippen molar-refractivity contribution in [1.29, 1.82) is 0 Å². The first-order chi connectivity index (χ1) is 22.1. The molecule has 1 N–H and O–H groups in total. The van der Waals surface area contributed by atoms with Crippen molar-refractivity contribution in [1.82, 2.24) is 19.7 Å². The Bertz CT molecular complexity index is 1830. The summed E-state index contributed by atoms with van der Waals surface area (Å²) in [5.74, 6) is -0.454. The summed E-state index contributed by atoms with van der Waals surface area (Å²) >= 11 is 1.01. The van der Waals surface area contributed by atoms with Crippen LogP contribution in [0.4, 0.5) is 42.5 Å². The maximum absolute atomic E-state index is 12.9. The van der Waals surface area contributed by atoms with Crippen molar-refractivity contribution in [3.05, 3.63) is 77.7 Å². The van der Waals surface area contributed by atoms with E-state index < -0.39 is 43.4 Å². The number of hydrogen-bond acceptors (Lipinski definition) is 8. The minimum Gasteiger partial charge on any atom is -0.404 e. The number of aliphatic imine (C=N–C) groups is 1. The van der Waals surface area contributed by atoms with Gasteiger partial charge in [0.25, 0.3) is 0 Å². The minimum atomic E-state index is -4.85. The van der Waals surface area contributed by atoms with Gasteiger partial charge in [0.2, 0.25) is 5.91 Å². The molecular formula is C29H23F6N7O4S. The summed E-state index contributed by atoms with van der Waals surface area (Å²) in [5.41, 5.74) is 2.87. The molecule has 18 heteroatoms. The molecule has 0 unspecified atom stereocenters. The van der Waals surface area contributed by atoms with Crippen LogP contribution in [0.25, 0.3) is 17.2 Å². The smallest absolute Gasteiger partial charge is 0.404 e. The second-order valence-electron chi connectivity index (χ2n) is 10.0. The molecule has 47 heavy (non-hydrogen) atoms. The molecule has 1 fully saturated rings. The minimum absolute atomic E-state index is 0.0305. The van der Waals surface area contributed by atoms with Crippen LogP contribution < -0.4 is 15.0 Å². The molecule has 0 atom stereocenters. The fourth-order valence-electron chi connectivity index (χ4n) is 4.34. The van der Waals surface area contributed by atoms with Gasteiger partial charge in [-0.15, -0.1) is 18.3 Å². The van der Waals surface area contributed by atoms with Crippen molar-refractivity contribution in [2.24, 2.45) is 4.99 Å². The van der Waals surface area contributed by atoms with Crippen LogP contribution in [-0.2, 0) is 16.1 Å². The lowest BCUT2D eigenvalue weighted by atomic mass is 10.1. The van der Waals surface area contributed by atoms with Gasteiger partial charge in [-0.3, -0.25) is 9.69 Å². The molecule has 0 bridgehead atoms. The van der Waals surface area contributed by atoms with Gasteiger partial charge in [0.15, 0.2) is 16.8 Å². The van der Waals surface area contributed by atoms with Gasteiger partial charge < -0.3 is 14.8 Å². The van der Waals surface area contributed by atoms with Gasteiger partial charge in [-0.05, 0) is 61.4 Å². The Kier molecular flexibility index (Phi) is 9.53. The highest BCUT2D eigenvalue weighted by Gasteiger charge is 2.33. The number of pyridine rings is 1. The number of urea groups is 1. The van der Waals surface area contributed by atoms with Crippen molar-refractivity contribution in [3.63, 3.8) is 0 Å². The lowest BCUT2D eigenvalue weighted by molar-refractivity contribution is -0.274. The molecule has 3 amide bonds. The fourth-order valence-corrected chi connectivity index (χ4v) is 5.20. The normalized spacial score (nSPS) is 14.6. The van der Waals surface area contributed by atoms with Crippen molar-refractivity contribution in [2.45, 2.75) is 33.0 Å². The first-order valence-corrected chi connectivity index (χ1v) is 14.5. The van der Waals surface area contributed by atoms with E-state index in [0.29, 0.717) is 22.4 Å². The molecule has 5 rings (SSSR count). The van der Waals surface area contributed by atoms with E-state index in [1.165, 1.54) is 22.0 Å². The standard InChI is InChI=1S/C29H23F6N7O4S/c1-16-3-4-19(12-45-14-28(30,31)32)22(9-16)42-24(43)13-47-27(42)39-26(44)38-21-7-5-18(10-17(21)2)25-37-15-41(40-25)23-8-6-20(11-36-23)46-29(33,34)35/h3-11,15H,12-14H2,1-2H3,(H,38,44). The molecule has 0 saturated carbocycles. The van der Waals surface area contributed by atoms with Gasteiger partial charge in [-0.2, -0.15) is 18.2 Å². The van der Waals surface area contributed by atoms with E-state index in [4.69, 9.17) is 4.74 Å². The number of benzene rings is 2. The average molecular weight is 680 g/mol. The van der Waals surface area contributed by atoms with E-state index >= 15 is 0 Å². The summed E-state index contributed by atoms with van der Waals surface area (Å²) in [5, 5.41) is 7.01. The number of aromatic nitrogens is 4. The number of ether oxygens (including phenoxy) is 2. The summed E-state index contributed by atoms with van der Waals surface area (Å²) in [6.45, 7) is 1.59. The van der Waals surface area contributed by atoms with E-state index in [1.807, 2.05) is 0 Å². The second-order valence-corrected chi connectivity index (χ2v) is 11.0. The number of alkyl halides is 6. The van der Waals surface area contributed by atoms with Crippen LogP contribution >= 0.6 is 11.8 Å². The Morgan fingerprint density at radius 1 is 1.04 bits per heavy atom. The summed E-state index contributed by atoms with van der Waals surface area (Å²) in [4.78, 5) is 39.1. The molecule has 2 aromatic heterocycles. The molecule has 246 valence electrons. The fraction of sp³-hybridized carbons (Fsp3) is 0.241. The van der Waals surface area contributed by atoms with E-state index in [2.05, 4.69) is 30.1 Å². The van der Waals surface area contributed by atoms with Crippen molar-refractivity contribution >= 4 is 40.2 Å². The Morgan fingerprint density at radius 2 is 1.83 bits per heavy atom. The molecule has 3 heterocycles. The zero-order valence-electron chi connectivity index (χ0n) is 24.4. The van der Waals surface area contributed by atoms with Crippen molar-refractivity contribution in [2.75, 3.05) is 22.6 Å². The van der Waals surface area contributed by atoms with Crippen LogP contribution in [0.15, 0.2) is 66.0 Å². The lowest BCUT2D eigenvalue weighted by Crippen LogP contribution is -2.31. The molecule has 1 aliphatic rings. The summed E-state index contributed by atoms with van der Waals surface area (Å²) in [7, 11) is 0. The number of nitrogens with one attached hydrogen (secondary N) is 1. The molecule has 1 aliphatic heterocycles. The van der Waals surface area contributed by atoms with Crippen LogP contribution in [0.2, 0.25) is 0 Å². The number of rotatable bonds is 8. The monoisotopic (exact) mass is 679 g/mol.